The van der Waals surface area contributed by atoms with Crippen molar-refractivity contribution in [3.05, 3.63) is 70.2 Å². The molecule has 0 atom stereocenters. The van der Waals surface area contributed by atoms with Gasteiger partial charge in [-0.05, 0) is 42.0 Å². The van der Waals surface area contributed by atoms with Crippen LogP contribution < -0.4 is 5.32 Å². The van der Waals surface area contributed by atoms with Gasteiger partial charge < -0.3 is 10.2 Å². The maximum Gasteiger partial charge on any atom is 0.252 e. The lowest BCUT2D eigenvalue weighted by molar-refractivity contribution is -0.132. The Hall–Kier alpha value is -2.33. The molecule has 1 saturated carbocycles. The van der Waals surface area contributed by atoms with Crippen molar-refractivity contribution in [3.8, 4) is 0 Å². The van der Waals surface area contributed by atoms with E-state index in [1.54, 1.807) is 24.3 Å². The Morgan fingerprint density at radius 3 is 2.39 bits per heavy atom. The van der Waals surface area contributed by atoms with Gasteiger partial charge in [-0.25, -0.2) is 0 Å². The maximum atomic E-state index is 12.7. The summed E-state index contributed by atoms with van der Waals surface area (Å²) in [6.45, 7) is 5.27. The monoisotopic (exact) mass is 398 g/mol. The molecule has 1 aliphatic rings. The van der Waals surface area contributed by atoms with E-state index in [0.717, 1.165) is 18.4 Å². The van der Waals surface area contributed by atoms with Crippen LogP contribution in [0.4, 0.5) is 0 Å². The summed E-state index contributed by atoms with van der Waals surface area (Å²) in [6.07, 6.45) is 2.40. The van der Waals surface area contributed by atoms with E-state index in [0.29, 0.717) is 35.6 Å². The number of hydrogen-bond donors (Lipinski definition) is 1. The molecular formula is C23H27ClN2O2. The van der Waals surface area contributed by atoms with Crippen LogP contribution in [0.5, 0.6) is 0 Å². The summed E-state index contributed by atoms with van der Waals surface area (Å²) < 4.78 is 0. The highest BCUT2D eigenvalue weighted by Gasteiger charge is 2.32. The molecule has 0 unspecified atom stereocenters. The Morgan fingerprint density at radius 1 is 1.11 bits per heavy atom. The van der Waals surface area contributed by atoms with E-state index in [1.165, 1.54) is 5.56 Å². The van der Waals surface area contributed by atoms with Crippen LogP contribution in [0.15, 0.2) is 48.5 Å². The zero-order valence-corrected chi connectivity index (χ0v) is 17.2. The summed E-state index contributed by atoms with van der Waals surface area (Å²) in [4.78, 5) is 26.9. The van der Waals surface area contributed by atoms with Gasteiger partial charge in [-0.3, -0.25) is 9.59 Å². The smallest absolute Gasteiger partial charge is 0.252 e. The molecule has 2 amide bonds. The lowest BCUT2D eigenvalue weighted by Crippen LogP contribution is -2.35. The number of hydrogen-bond acceptors (Lipinski definition) is 2. The minimum absolute atomic E-state index is 0.0786. The van der Waals surface area contributed by atoms with E-state index in [4.69, 9.17) is 11.6 Å². The van der Waals surface area contributed by atoms with E-state index < -0.39 is 0 Å². The predicted octanol–water partition coefficient (Wildman–Crippen LogP) is 4.77. The van der Waals surface area contributed by atoms with Crippen LogP contribution in [-0.2, 0) is 11.3 Å². The average Bonchev–Trinajstić information content (AvgIpc) is 3.51. The summed E-state index contributed by atoms with van der Waals surface area (Å²) in [5.74, 6) is 0.326. The fraction of sp³-hybridized carbons (Fsp3) is 0.391. The molecule has 4 nitrogen and oxygen atoms in total. The number of carbonyl (C=O) groups is 2. The summed E-state index contributed by atoms with van der Waals surface area (Å²) in [7, 11) is 0. The number of rotatable bonds is 8. The van der Waals surface area contributed by atoms with E-state index in [-0.39, 0.29) is 18.2 Å². The van der Waals surface area contributed by atoms with Crippen LogP contribution in [0.1, 0.15) is 60.5 Å². The lowest BCUT2D eigenvalue weighted by Gasteiger charge is -2.23. The highest BCUT2D eigenvalue weighted by molar-refractivity contribution is 6.33. The standard InChI is InChI=1S/C23H27ClN2O2/c1-16(2)18-9-7-17(8-10-18)15-26(19-11-12-19)22(27)13-14-25-23(28)20-5-3-4-6-21(20)24/h3-10,16,19H,11-15H2,1-2H3,(H,25,28). The quantitative estimate of drug-likeness (QED) is 0.696. The topological polar surface area (TPSA) is 49.4 Å². The molecule has 0 aromatic heterocycles. The van der Waals surface area contributed by atoms with Crippen LogP contribution >= 0.6 is 11.6 Å². The fourth-order valence-corrected chi connectivity index (χ4v) is 3.40. The second-order valence-electron chi connectivity index (χ2n) is 7.63. The highest BCUT2D eigenvalue weighted by atomic mass is 35.5. The van der Waals surface area contributed by atoms with Crippen molar-refractivity contribution in [2.24, 2.45) is 0 Å². The van der Waals surface area contributed by atoms with Crippen LogP contribution in [-0.4, -0.2) is 29.3 Å². The minimum Gasteiger partial charge on any atom is -0.351 e. The molecule has 28 heavy (non-hydrogen) atoms. The number of benzene rings is 2. The number of nitrogens with zero attached hydrogens (tertiary/aromatic N) is 1. The lowest BCUT2D eigenvalue weighted by atomic mass is 10.0. The molecule has 1 aliphatic carbocycles. The molecule has 0 bridgehead atoms. The van der Waals surface area contributed by atoms with Gasteiger partial charge in [-0.1, -0.05) is 61.8 Å². The van der Waals surface area contributed by atoms with Crippen LogP contribution in [0.3, 0.4) is 0 Å². The molecule has 0 radical (unpaired) electrons. The van der Waals surface area contributed by atoms with Gasteiger partial charge in [-0.2, -0.15) is 0 Å². The van der Waals surface area contributed by atoms with Crippen molar-refractivity contribution in [2.75, 3.05) is 6.54 Å². The zero-order valence-electron chi connectivity index (χ0n) is 16.5. The van der Waals surface area contributed by atoms with Crippen molar-refractivity contribution in [2.45, 2.75) is 51.6 Å². The molecule has 0 saturated heterocycles. The Bertz CT molecular complexity index is 829. The highest BCUT2D eigenvalue weighted by Crippen LogP contribution is 2.29. The third kappa shape index (κ3) is 5.35. The molecule has 1 N–H and O–H groups in total. The Kier molecular flexibility index (Phi) is 6.74. The summed E-state index contributed by atoms with van der Waals surface area (Å²) in [6, 6.07) is 15.7. The van der Waals surface area contributed by atoms with Gasteiger partial charge in [-0.15, -0.1) is 0 Å². The van der Waals surface area contributed by atoms with Crippen LogP contribution in [0.2, 0.25) is 5.02 Å². The van der Waals surface area contributed by atoms with Gasteiger partial charge in [0.2, 0.25) is 5.91 Å². The van der Waals surface area contributed by atoms with Gasteiger partial charge in [0.25, 0.3) is 5.91 Å². The Balaban J connectivity index is 1.53. The van der Waals surface area contributed by atoms with Crippen molar-refractivity contribution >= 4 is 23.4 Å². The molecule has 2 aromatic carbocycles. The first-order valence-corrected chi connectivity index (χ1v) is 10.2. The summed E-state index contributed by atoms with van der Waals surface area (Å²) in [5.41, 5.74) is 2.88. The first kappa shape index (κ1) is 20.4. The summed E-state index contributed by atoms with van der Waals surface area (Å²) >= 11 is 6.05. The largest absolute Gasteiger partial charge is 0.351 e. The van der Waals surface area contributed by atoms with E-state index in [9.17, 15) is 9.59 Å². The maximum absolute atomic E-state index is 12.7. The first-order chi connectivity index (χ1) is 13.5. The average molecular weight is 399 g/mol. The van der Waals surface area contributed by atoms with Crippen LogP contribution in [0.25, 0.3) is 0 Å². The molecule has 1 fully saturated rings. The first-order valence-electron chi connectivity index (χ1n) is 9.86. The molecule has 0 spiro atoms. The van der Waals surface area contributed by atoms with Gasteiger partial charge in [0.05, 0.1) is 10.6 Å². The normalized spacial score (nSPS) is 13.4. The molecule has 2 aromatic rings. The molecule has 0 aliphatic heterocycles. The number of halogens is 1. The van der Waals surface area contributed by atoms with Gasteiger partial charge >= 0.3 is 0 Å². The second-order valence-corrected chi connectivity index (χ2v) is 8.04. The third-order valence-corrected chi connectivity index (χ3v) is 5.38. The zero-order chi connectivity index (χ0) is 20.1. The molecule has 5 heteroatoms. The second kappa shape index (κ2) is 9.24. The van der Waals surface area contributed by atoms with Gasteiger partial charge in [0.15, 0.2) is 0 Å². The predicted molar refractivity (Wildman–Crippen MR) is 113 cm³/mol. The number of carbonyl (C=O) groups excluding carboxylic acids is 2. The fourth-order valence-electron chi connectivity index (χ4n) is 3.18. The molecule has 148 valence electrons. The number of nitrogens with one attached hydrogen (secondary N) is 1. The van der Waals surface area contributed by atoms with Crippen molar-refractivity contribution < 1.29 is 9.59 Å². The van der Waals surface area contributed by atoms with E-state index >= 15 is 0 Å². The Morgan fingerprint density at radius 2 is 1.79 bits per heavy atom. The molecular weight excluding hydrogens is 372 g/mol. The van der Waals surface area contributed by atoms with Gasteiger partial charge in [0.1, 0.15) is 0 Å². The van der Waals surface area contributed by atoms with E-state index in [2.05, 4.69) is 43.4 Å². The third-order valence-electron chi connectivity index (χ3n) is 5.05. The van der Waals surface area contributed by atoms with Crippen LogP contribution in [0, 0.1) is 0 Å². The SMILES string of the molecule is CC(C)c1ccc(CN(C(=O)CCNC(=O)c2ccccc2Cl)C2CC2)cc1. The number of amides is 2. The van der Waals surface area contributed by atoms with Crippen molar-refractivity contribution in [3.63, 3.8) is 0 Å². The summed E-state index contributed by atoms with van der Waals surface area (Å²) in [5, 5.41) is 3.21. The van der Waals surface area contributed by atoms with E-state index in [1.807, 2.05) is 4.90 Å². The van der Waals surface area contributed by atoms with Crippen molar-refractivity contribution in [1.82, 2.24) is 10.2 Å². The Labute approximate surface area is 171 Å². The molecule has 0 heterocycles. The van der Waals surface area contributed by atoms with Gasteiger partial charge in [0, 0.05) is 25.6 Å². The minimum atomic E-state index is -0.249. The van der Waals surface area contributed by atoms with Crippen molar-refractivity contribution in [1.29, 1.82) is 0 Å². The molecule has 3 rings (SSSR count).